The highest BCUT2D eigenvalue weighted by Crippen LogP contribution is 2.30. The summed E-state index contributed by atoms with van der Waals surface area (Å²) in [5.74, 6) is 0.592. The van der Waals surface area contributed by atoms with Crippen LogP contribution < -0.4 is 5.73 Å². The lowest BCUT2D eigenvalue weighted by Gasteiger charge is -2.31. The molecule has 1 unspecified atom stereocenters. The van der Waals surface area contributed by atoms with Crippen LogP contribution in [-0.4, -0.2) is 11.5 Å². The Bertz CT molecular complexity index is 293. The minimum absolute atomic E-state index is 0.181. The highest BCUT2D eigenvalue weighted by Gasteiger charge is 2.27. The Hall–Kier alpha value is -0.410. The summed E-state index contributed by atoms with van der Waals surface area (Å²) in [5, 5.41) is 3.29. The largest absolute Gasteiger partial charge is 0.330 e. The van der Waals surface area contributed by atoms with Crippen molar-refractivity contribution in [2.75, 3.05) is 6.54 Å². The number of thiazole rings is 1. The number of hydrogen-bond donors (Lipinski definition) is 1. The monoisotopic (exact) mass is 212 g/mol. The average molecular weight is 212 g/mol. The molecule has 14 heavy (non-hydrogen) atoms. The third-order valence-corrected chi connectivity index (χ3v) is 3.93. The molecule has 1 rings (SSSR count). The maximum absolute atomic E-state index is 5.84. The van der Waals surface area contributed by atoms with Crippen molar-refractivity contribution in [3.8, 4) is 0 Å². The molecule has 1 aromatic rings. The van der Waals surface area contributed by atoms with E-state index in [1.807, 2.05) is 6.92 Å². The van der Waals surface area contributed by atoms with Gasteiger partial charge in [0.25, 0.3) is 0 Å². The van der Waals surface area contributed by atoms with E-state index in [0.29, 0.717) is 5.92 Å². The SMILES string of the molecule is Cc1nc(CC(C)(CN)C(C)C)cs1. The summed E-state index contributed by atoms with van der Waals surface area (Å²) in [4.78, 5) is 4.49. The zero-order chi connectivity index (χ0) is 10.8. The normalized spacial score (nSPS) is 15.9. The fourth-order valence-electron chi connectivity index (χ4n) is 1.42. The second-order valence-corrected chi connectivity index (χ2v) is 5.61. The van der Waals surface area contributed by atoms with Crippen LogP contribution in [0.3, 0.4) is 0 Å². The summed E-state index contributed by atoms with van der Waals surface area (Å²) in [6.45, 7) is 9.47. The number of nitrogens with zero attached hydrogens (tertiary/aromatic N) is 1. The molecule has 0 aliphatic heterocycles. The lowest BCUT2D eigenvalue weighted by atomic mass is 9.76. The van der Waals surface area contributed by atoms with Crippen molar-refractivity contribution < 1.29 is 0 Å². The fraction of sp³-hybridized carbons (Fsp3) is 0.727. The molecular weight excluding hydrogens is 192 g/mol. The van der Waals surface area contributed by atoms with Gasteiger partial charge in [-0.15, -0.1) is 11.3 Å². The summed E-state index contributed by atoms with van der Waals surface area (Å²) >= 11 is 1.72. The van der Waals surface area contributed by atoms with Crippen molar-refractivity contribution in [2.24, 2.45) is 17.1 Å². The highest BCUT2D eigenvalue weighted by molar-refractivity contribution is 7.09. The van der Waals surface area contributed by atoms with E-state index in [2.05, 4.69) is 31.1 Å². The van der Waals surface area contributed by atoms with Crippen LogP contribution in [0, 0.1) is 18.3 Å². The van der Waals surface area contributed by atoms with Gasteiger partial charge in [-0.25, -0.2) is 4.98 Å². The molecule has 0 aliphatic carbocycles. The van der Waals surface area contributed by atoms with Crippen molar-refractivity contribution in [3.05, 3.63) is 16.1 Å². The van der Waals surface area contributed by atoms with Gasteiger partial charge in [0, 0.05) is 5.38 Å². The maximum atomic E-state index is 5.84. The molecule has 0 amide bonds. The predicted octanol–water partition coefficient (Wildman–Crippen LogP) is 2.62. The standard InChI is InChI=1S/C11H20N2S/c1-8(2)11(4,7-12)5-10-6-14-9(3)13-10/h6,8H,5,7,12H2,1-4H3. The maximum Gasteiger partial charge on any atom is 0.0897 e. The molecule has 0 spiro atoms. The van der Waals surface area contributed by atoms with Crippen LogP contribution in [0.2, 0.25) is 0 Å². The average Bonchev–Trinajstić information content (AvgIpc) is 2.50. The van der Waals surface area contributed by atoms with Crippen molar-refractivity contribution >= 4 is 11.3 Å². The van der Waals surface area contributed by atoms with E-state index in [4.69, 9.17) is 5.73 Å². The van der Waals surface area contributed by atoms with E-state index in [0.717, 1.165) is 18.0 Å². The highest BCUT2D eigenvalue weighted by atomic mass is 32.1. The van der Waals surface area contributed by atoms with Gasteiger partial charge in [0.05, 0.1) is 10.7 Å². The summed E-state index contributed by atoms with van der Waals surface area (Å²) < 4.78 is 0. The second-order valence-electron chi connectivity index (χ2n) is 4.55. The molecule has 0 saturated carbocycles. The molecular formula is C11H20N2S. The molecule has 0 aromatic carbocycles. The first-order valence-electron chi connectivity index (χ1n) is 5.09. The summed E-state index contributed by atoms with van der Waals surface area (Å²) in [5.41, 5.74) is 7.21. The van der Waals surface area contributed by atoms with Crippen molar-refractivity contribution in [1.29, 1.82) is 0 Å². The zero-order valence-electron chi connectivity index (χ0n) is 9.50. The molecule has 1 aromatic heterocycles. The van der Waals surface area contributed by atoms with Crippen LogP contribution in [0.1, 0.15) is 31.5 Å². The first-order valence-corrected chi connectivity index (χ1v) is 5.97. The third kappa shape index (κ3) is 2.55. The Kier molecular flexibility index (Phi) is 3.67. The van der Waals surface area contributed by atoms with E-state index < -0.39 is 0 Å². The number of hydrogen-bond acceptors (Lipinski definition) is 3. The van der Waals surface area contributed by atoms with Crippen LogP contribution >= 0.6 is 11.3 Å². The van der Waals surface area contributed by atoms with Crippen molar-refractivity contribution in [3.63, 3.8) is 0 Å². The predicted molar refractivity (Wildman–Crippen MR) is 62.6 cm³/mol. The number of nitrogens with two attached hydrogens (primary N) is 1. The van der Waals surface area contributed by atoms with Gasteiger partial charge in [0.2, 0.25) is 0 Å². The van der Waals surface area contributed by atoms with Crippen LogP contribution in [-0.2, 0) is 6.42 Å². The Labute approximate surface area is 90.6 Å². The Morgan fingerprint density at radius 2 is 2.21 bits per heavy atom. The van der Waals surface area contributed by atoms with Gasteiger partial charge in [-0.2, -0.15) is 0 Å². The molecule has 0 fully saturated rings. The van der Waals surface area contributed by atoms with E-state index >= 15 is 0 Å². The first kappa shape index (κ1) is 11.7. The minimum Gasteiger partial charge on any atom is -0.330 e. The van der Waals surface area contributed by atoms with Gasteiger partial charge in [-0.3, -0.25) is 0 Å². The second kappa shape index (κ2) is 4.41. The Morgan fingerprint density at radius 1 is 1.57 bits per heavy atom. The van der Waals surface area contributed by atoms with Crippen LogP contribution in [0.5, 0.6) is 0 Å². The number of aromatic nitrogens is 1. The van der Waals surface area contributed by atoms with Gasteiger partial charge >= 0.3 is 0 Å². The summed E-state index contributed by atoms with van der Waals surface area (Å²) in [6.07, 6.45) is 0.992. The van der Waals surface area contributed by atoms with Crippen LogP contribution in [0.4, 0.5) is 0 Å². The van der Waals surface area contributed by atoms with Gasteiger partial charge in [0.15, 0.2) is 0 Å². The van der Waals surface area contributed by atoms with Crippen LogP contribution in [0.15, 0.2) is 5.38 Å². The molecule has 1 heterocycles. The van der Waals surface area contributed by atoms with Gasteiger partial charge in [-0.05, 0) is 31.2 Å². The topological polar surface area (TPSA) is 38.9 Å². The Morgan fingerprint density at radius 3 is 2.57 bits per heavy atom. The van der Waals surface area contributed by atoms with E-state index in [9.17, 15) is 0 Å². The first-order chi connectivity index (χ1) is 6.48. The molecule has 3 heteroatoms. The summed E-state index contributed by atoms with van der Waals surface area (Å²) in [7, 11) is 0. The molecule has 0 radical (unpaired) electrons. The molecule has 1 atom stereocenters. The lowest BCUT2D eigenvalue weighted by Crippen LogP contribution is -2.34. The number of aryl methyl sites for hydroxylation is 1. The lowest BCUT2D eigenvalue weighted by molar-refractivity contribution is 0.225. The fourth-order valence-corrected chi connectivity index (χ4v) is 2.03. The molecule has 80 valence electrons. The molecule has 2 nitrogen and oxygen atoms in total. The summed E-state index contributed by atoms with van der Waals surface area (Å²) in [6, 6.07) is 0. The van der Waals surface area contributed by atoms with E-state index in [-0.39, 0.29) is 5.41 Å². The van der Waals surface area contributed by atoms with Crippen molar-refractivity contribution in [1.82, 2.24) is 4.98 Å². The minimum atomic E-state index is 0.181. The van der Waals surface area contributed by atoms with Gasteiger partial charge < -0.3 is 5.73 Å². The Balaban J connectivity index is 2.75. The quantitative estimate of drug-likeness (QED) is 0.833. The molecule has 0 aliphatic rings. The molecule has 0 saturated heterocycles. The molecule has 0 bridgehead atoms. The smallest absolute Gasteiger partial charge is 0.0897 e. The van der Waals surface area contributed by atoms with Gasteiger partial charge in [-0.1, -0.05) is 20.8 Å². The van der Waals surface area contributed by atoms with Crippen LogP contribution in [0.25, 0.3) is 0 Å². The van der Waals surface area contributed by atoms with E-state index in [1.165, 1.54) is 5.69 Å². The number of rotatable bonds is 4. The zero-order valence-corrected chi connectivity index (χ0v) is 10.3. The molecule has 2 N–H and O–H groups in total. The third-order valence-electron chi connectivity index (χ3n) is 3.11. The van der Waals surface area contributed by atoms with Crippen molar-refractivity contribution in [2.45, 2.75) is 34.1 Å². The van der Waals surface area contributed by atoms with E-state index in [1.54, 1.807) is 11.3 Å². The van der Waals surface area contributed by atoms with Gasteiger partial charge in [0.1, 0.15) is 0 Å².